The van der Waals surface area contributed by atoms with Crippen LogP contribution in [0.15, 0.2) is 18.2 Å². The van der Waals surface area contributed by atoms with E-state index in [4.69, 9.17) is 5.11 Å². The molecule has 1 heterocycles. The van der Waals surface area contributed by atoms with Crippen LogP contribution in [-0.4, -0.2) is 45.9 Å². The lowest BCUT2D eigenvalue weighted by atomic mass is 9.83. The van der Waals surface area contributed by atoms with Crippen molar-refractivity contribution in [1.82, 2.24) is 9.55 Å². The molecule has 0 aliphatic heterocycles. The Labute approximate surface area is 136 Å². The van der Waals surface area contributed by atoms with E-state index >= 15 is 0 Å². The van der Waals surface area contributed by atoms with Gasteiger partial charge in [-0.1, -0.05) is 13.8 Å². The smallest absolute Gasteiger partial charge is 0.335 e. The minimum atomic E-state index is -0.955. The maximum atomic E-state index is 11.1. The minimum Gasteiger partial charge on any atom is -0.478 e. The van der Waals surface area contributed by atoms with Crippen LogP contribution in [0.2, 0.25) is 0 Å². The fourth-order valence-corrected chi connectivity index (χ4v) is 2.98. The summed E-state index contributed by atoms with van der Waals surface area (Å²) in [5.41, 5.74) is 1.63. The van der Waals surface area contributed by atoms with Crippen molar-refractivity contribution in [2.45, 2.75) is 26.7 Å². The van der Waals surface area contributed by atoms with Crippen molar-refractivity contribution in [3.8, 4) is 0 Å². The summed E-state index contributed by atoms with van der Waals surface area (Å²) in [5, 5.41) is 18.9. The first-order valence-electron chi connectivity index (χ1n) is 7.89. The van der Waals surface area contributed by atoms with Crippen LogP contribution in [0.3, 0.4) is 0 Å². The van der Waals surface area contributed by atoms with Crippen LogP contribution >= 0.6 is 0 Å². The van der Waals surface area contributed by atoms with Crippen molar-refractivity contribution >= 4 is 23.0 Å². The van der Waals surface area contributed by atoms with E-state index in [0.717, 1.165) is 24.3 Å². The van der Waals surface area contributed by atoms with E-state index in [9.17, 15) is 9.90 Å². The zero-order chi connectivity index (χ0) is 17.2. The molecule has 23 heavy (non-hydrogen) atoms. The standard InChI is InChI=1S/C17H25N3O3/c1-5-17(6-2,11-21)10-19(3)16-18-13-9-12(15(22)23)7-8-14(13)20(16)4/h7-9,21H,5-6,10-11H2,1-4H3,(H,22,23). The molecule has 1 aromatic carbocycles. The van der Waals surface area contributed by atoms with Crippen molar-refractivity contribution in [2.24, 2.45) is 12.5 Å². The van der Waals surface area contributed by atoms with Gasteiger partial charge < -0.3 is 19.7 Å². The van der Waals surface area contributed by atoms with Crippen molar-refractivity contribution in [3.05, 3.63) is 23.8 Å². The molecule has 2 N–H and O–H groups in total. The Morgan fingerprint density at radius 3 is 2.52 bits per heavy atom. The van der Waals surface area contributed by atoms with Crippen LogP contribution < -0.4 is 4.90 Å². The summed E-state index contributed by atoms with van der Waals surface area (Å²) in [4.78, 5) is 17.7. The van der Waals surface area contributed by atoms with Gasteiger partial charge in [0.05, 0.1) is 23.2 Å². The molecule has 2 aromatic rings. The molecule has 2 rings (SSSR count). The van der Waals surface area contributed by atoms with Crippen LogP contribution in [0.5, 0.6) is 0 Å². The first kappa shape index (κ1) is 17.3. The summed E-state index contributed by atoms with van der Waals surface area (Å²) in [5.74, 6) is -0.189. The first-order valence-corrected chi connectivity index (χ1v) is 7.89. The van der Waals surface area contributed by atoms with Gasteiger partial charge in [-0.15, -0.1) is 0 Å². The number of hydrogen-bond donors (Lipinski definition) is 2. The first-order chi connectivity index (χ1) is 10.9. The van der Waals surface area contributed by atoms with Crippen molar-refractivity contribution < 1.29 is 15.0 Å². The molecule has 0 bridgehead atoms. The monoisotopic (exact) mass is 319 g/mol. The fourth-order valence-electron chi connectivity index (χ4n) is 2.98. The molecule has 1 aromatic heterocycles. The highest BCUT2D eigenvalue weighted by Crippen LogP contribution is 2.29. The van der Waals surface area contributed by atoms with Crippen molar-refractivity contribution in [2.75, 3.05) is 25.1 Å². The molecule has 0 atom stereocenters. The summed E-state index contributed by atoms with van der Waals surface area (Å²) < 4.78 is 1.95. The maximum Gasteiger partial charge on any atom is 0.335 e. The summed E-state index contributed by atoms with van der Waals surface area (Å²) in [6, 6.07) is 4.96. The number of nitrogens with zero attached hydrogens (tertiary/aromatic N) is 3. The van der Waals surface area contributed by atoms with Crippen molar-refractivity contribution in [3.63, 3.8) is 0 Å². The second-order valence-electron chi connectivity index (χ2n) is 6.20. The third-order valence-corrected chi connectivity index (χ3v) is 4.85. The molecule has 0 radical (unpaired) electrons. The average molecular weight is 319 g/mol. The van der Waals surface area contributed by atoms with Gasteiger partial charge >= 0.3 is 5.97 Å². The third kappa shape index (κ3) is 3.17. The maximum absolute atomic E-state index is 11.1. The van der Waals surface area contributed by atoms with E-state index in [1.807, 2.05) is 23.6 Å². The normalized spacial score (nSPS) is 11.9. The molecular formula is C17H25N3O3. The molecule has 0 aliphatic carbocycles. The molecule has 0 aliphatic rings. The molecule has 0 amide bonds. The van der Waals surface area contributed by atoms with Crippen molar-refractivity contribution in [1.29, 1.82) is 0 Å². The van der Waals surface area contributed by atoms with Gasteiger partial charge in [0.15, 0.2) is 0 Å². The summed E-state index contributed by atoms with van der Waals surface area (Å²) >= 11 is 0. The number of aryl methyl sites for hydroxylation is 1. The molecule has 126 valence electrons. The molecule has 6 heteroatoms. The number of aromatic nitrogens is 2. The SMILES string of the molecule is CCC(CC)(CO)CN(C)c1nc2cc(C(=O)O)ccc2n1C. The van der Waals surface area contributed by atoms with E-state index in [1.165, 1.54) is 0 Å². The van der Waals surface area contributed by atoms with Crippen LogP contribution in [-0.2, 0) is 7.05 Å². The lowest BCUT2D eigenvalue weighted by molar-refractivity contribution is 0.0697. The van der Waals surface area contributed by atoms with E-state index in [2.05, 4.69) is 18.8 Å². The highest BCUT2D eigenvalue weighted by molar-refractivity contribution is 5.93. The lowest BCUT2D eigenvalue weighted by Crippen LogP contribution is -2.38. The molecule has 0 unspecified atom stereocenters. The Morgan fingerprint density at radius 2 is 2.00 bits per heavy atom. The van der Waals surface area contributed by atoms with E-state index < -0.39 is 5.97 Å². The number of anilines is 1. The highest BCUT2D eigenvalue weighted by atomic mass is 16.4. The average Bonchev–Trinajstić information content (AvgIpc) is 2.89. The Hall–Kier alpha value is -2.08. The number of carboxylic acid groups (broad SMARTS) is 1. The number of aliphatic hydroxyl groups excluding tert-OH is 1. The van der Waals surface area contributed by atoms with Gasteiger partial charge in [0.2, 0.25) is 5.95 Å². The number of carboxylic acids is 1. The number of carbonyl (C=O) groups is 1. The van der Waals surface area contributed by atoms with Gasteiger partial charge in [-0.25, -0.2) is 9.78 Å². The van der Waals surface area contributed by atoms with Gasteiger partial charge in [0.25, 0.3) is 0 Å². The quantitative estimate of drug-likeness (QED) is 0.820. The third-order valence-electron chi connectivity index (χ3n) is 4.85. The number of fused-ring (bicyclic) bond motifs is 1. The summed E-state index contributed by atoms with van der Waals surface area (Å²) in [7, 11) is 3.87. The summed E-state index contributed by atoms with van der Waals surface area (Å²) in [6.45, 7) is 5.00. The second-order valence-corrected chi connectivity index (χ2v) is 6.20. The van der Waals surface area contributed by atoms with Gasteiger partial charge in [0, 0.05) is 26.1 Å². The number of rotatable bonds is 7. The number of aromatic carboxylic acids is 1. The minimum absolute atomic E-state index is 0.136. The number of benzene rings is 1. The second kappa shape index (κ2) is 6.58. The Balaban J connectivity index is 2.39. The highest BCUT2D eigenvalue weighted by Gasteiger charge is 2.28. The largest absolute Gasteiger partial charge is 0.478 e. The van der Waals surface area contributed by atoms with E-state index in [1.54, 1.807) is 18.2 Å². The van der Waals surface area contributed by atoms with Crippen LogP contribution in [0.1, 0.15) is 37.0 Å². The van der Waals surface area contributed by atoms with Crippen LogP contribution in [0, 0.1) is 5.41 Å². The van der Waals surface area contributed by atoms with E-state index in [0.29, 0.717) is 12.1 Å². The lowest BCUT2D eigenvalue weighted by Gasteiger charge is -2.34. The van der Waals surface area contributed by atoms with Crippen LogP contribution in [0.25, 0.3) is 11.0 Å². The Bertz CT molecular complexity index is 696. The van der Waals surface area contributed by atoms with Gasteiger partial charge in [-0.3, -0.25) is 0 Å². The number of imidazole rings is 1. The van der Waals surface area contributed by atoms with Gasteiger partial charge in [-0.2, -0.15) is 0 Å². The fraction of sp³-hybridized carbons (Fsp3) is 0.529. The molecule has 0 saturated carbocycles. The molecule has 0 spiro atoms. The Morgan fingerprint density at radius 1 is 1.35 bits per heavy atom. The van der Waals surface area contributed by atoms with Gasteiger partial charge in [-0.05, 0) is 31.0 Å². The molecule has 0 fully saturated rings. The topological polar surface area (TPSA) is 78.6 Å². The van der Waals surface area contributed by atoms with Crippen LogP contribution in [0.4, 0.5) is 5.95 Å². The zero-order valence-corrected chi connectivity index (χ0v) is 14.2. The number of hydrogen-bond acceptors (Lipinski definition) is 4. The van der Waals surface area contributed by atoms with Gasteiger partial charge in [0.1, 0.15) is 0 Å². The van der Waals surface area contributed by atoms with E-state index in [-0.39, 0.29) is 17.6 Å². The predicted molar refractivity (Wildman–Crippen MR) is 91.0 cm³/mol. The molecule has 0 saturated heterocycles. The summed E-state index contributed by atoms with van der Waals surface area (Å²) in [6.07, 6.45) is 1.77. The Kier molecular flexibility index (Phi) is 4.94. The number of aliphatic hydroxyl groups is 1. The molecule has 6 nitrogen and oxygen atoms in total. The molecular weight excluding hydrogens is 294 g/mol. The predicted octanol–water partition coefficient (Wildman–Crippen LogP) is 2.51. The zero-order valence-electron chi connectivity index (χ0n) is 14.2.